The zero-order chi connectivity index (χ0) is 27.6. The standard InChI is InChI=1S/C31H34ClN5O2/c1-4-25(23-9-6-5-7-10-23)28(30-29(32)26-11-8-15-34-31(26)36-30)24-12-13-27(35-19-24)39-18-17-33-16-14-22(21-38)20-37(2)3/h5-15,19,21,33H,4,16-18,20H2,1-3H3,(H,34,36)/b22-14-,28-25+. The second-order valence-electron chi connectivity index (χ2n) is 9.36. The number of hydrogen-bond donors (Lipinski definition) is 2. The van der Waals surface area contributed by atoms with E-state index in [1.54, 1.807) is 6.20 Å². The first kappa shape index (κ1) is 28.2. The number of aldehydes is 1. The van der Waals surface area contributed by atoms with Crippen molar-refractivity contribution < 1.29 is 9.53 Å². The lowest BCUT2D eigenvalue weighted by atomic mass is 9.91. The lowest BCUT2D eigenvalue weighted by molar-refractivity contribution is -0.105. The lowest BCUT2D eigenvalue weighted by Gasteiger charge is -2.15. The molecule has 2 N–H and O–H groups in total. The molecule has 0 bridgehead atoms. The molecule has 7 nitrogen and oxygen atoms in total. The Morgan fingerprint density at radius 2 is 1.90 bits per heavy atom. The summed E-state index contributed by atoms with van der Waals surface area (Å²) in [6.45, 7) is 4.45. The molecule has 4 rings (SSSR count). The predicted octanol–water partition coefficient (Wildman–Crippen LogP) is 5.64. The largest absolute Gasteiger partial charge is 0.476 e. The Hall–Kier alpha value is -3.78. The first-order chi connectivity index (χ1) is 19.0. The fraction of sp³-hybridized carbons (Fsp3) is 0.258. The molecule has 8 heteroatoms. The Labute approximate surface area is 234 Å². The molecule has 0 aliphatic carbocycles. The van der Waals surface area contributed by atoms with Gasteiger partial charge in [0.05, 0.1) is 10.7 Å². The van der Waals surface area contributed by atoms with Crippen molar-refractivity contribution in [3.8, 4) is 5.88 Å². The van der Waals surface area contributed by atoms with Gasteiger partial charge in [0.2, 0.25) is 5.88 Å². The summed E-state index contributed by atoms with van der Waals surface area (Å²) >= 11 is 6.90. The third-order valence-electron chi connectivity index (χ3n) is 6.25. The van der Waals surface area contributed by atoms with E-state index in [0.29, 0.717) is 37.1 Å². The molecule has 0 spiro atoms. The summed E-state index contributed by atoms with van der Waals surface area (Å²) in [4.78, 5) is 25.6. The molecule has 3 aromatic heterocycles. The highest BCUT2D eigenvalue weighted by Gasteiger charge is 2.20. The highest BCUT2D eigenvalue weighted by molar-refractivity contribution is 6.37. The zero-order valence-electron chi connectivity index (χ0n) is 22.6. The number of ether oxygens (including phenoxy) is 1. The van der Waals surface area contributed by atoms with E-state index in [1.807, 2.05) is 73.7 Å². The minimum absolute atomic E-state index is 0.455. The van der Waals surface area contributed by atoms with Gasteiger partial charge in [0, 0.05) is 60.2 Å². The second kappa shape index (κ2) is 13.8. The SMILES string of the molecule is CC/C(=C(/c1ccc(OCCNC/C=C(\C=O)CN(C)C)nc1)c1[nH]c2ncccc2c1Cl)c1ccccc1. The molecule has 202 valence electrons. The van der Waals surface area contributed by atoms with Crippen LogP contribution in [0.25, 0.3) is 22.2 Å². The summed E-state index contributed by atoms with van der Waals surface area (Å²) in [5.74, 6) is 0.541. The van der Waals surface area contributed by atoms with Crippen molar-refractivity contribution in [3.05, 3.63) is 100 Å². The number of pyridine rings is 2. The third-order valence-corrected chi connectivity index (χ3v) is 6.64. The van der Waals surface area contributed by atoms with E-state index in [2.05, 4.69) is 39.3 Å². The number of allylic oxidation sites excluding steroid dienone is 1. The number of aromatic amines is 1. The molecule has 0 fully saturated rings. The summed E-state index contributed by atoms with van der Waals surface area (Å²) in [5.41, 5.74) is 6.52. The normalized spacial score (nSPS) is 12.6. The maximum absolute atomic E-state index is 11.1. The van der Waals surface area contributed by atoms with E-state index in [-0.39, 0.29) is 0 Å². The van der Waals surface area contributed by atoms with Gasteiger partial charge in [0.15, 0.2) is 0 Å². The van der Waals surface area contributed by atoms with Crippen molar-refractivity contribution >= 4 is 40.1 Å². The van der Waals surface area contributed by atoms with Gasteiger partial charge in [-0.25, -0.2) is 9.97 Å². The van der Waals surface area contributed by atoms with Crippen LogP contribution in [0.4, 0.5) is 0 Å². The number of halogens is 1. The Morgan fingerprint density at radius 3 is 2.56 bits per heavy atom. The Balaban J connectivity index is 1.53. The van der Waals surface area contributed by atoms with Crippen molar-refractivity contribution in [2.75, 3.05) is 40.3 Å². The van der Waals surface area contributed by atoms with Gasteiger partial charge in [-0.2, -0.15) is 0 Å². The molecule has 0 saturated carbocycles. The second-order valence-corrected chi connectivity index (χ2v) is 9.74. The first-order valence-corrected chi connectivity index (χ1v) is 13.4. The predicted molar refractivity (Wildman–Crippen MR) is 159 cm³/mol. The molecule has 39 heavy (non-hydrogen) atoms. The molecule has 4 aromatic rings. The molecule has 0 radical (unpaired) electrons. The van der Waals surface area contributed by atoms with Crippen LogP contribution in [0.3, 0.4) is 0 Å². The molecular weight excluding hydrogens is 510 g/mol. The van der Waals surface area contributed by atoms with Crippen LogP contribution in [-0.2, 0) is 4.79 Å². The van der Waals surface area contributed by atoms with Gasteiger partial charge in [-0.15, -0.1) is 0 Å². The van der Waals surface area contributed by atoms with E-state index in [0.717, 1.165) is 57.3 Å². The zero-order valence-corrected chi connectivity index (χ0v) is 23.3. The number of aromatic nitrogens is 3. The van der Waals surface area contributed by atoms with Crippen LogP contribution in [0, 0.1) is 0 Å². The number of carbonyl (C=O) groups excluding carboxylic acids is 1. The molecule has 0 unspecified atom stereocenters. The Bertz CT molecular complexity index is 1440. The van der Waals surface area contributed by atoms with Gasteiger partial charge in [-0.3, -0.25) is 4.79 Å². The fourth-order valence-corrected chi connectivity index (χ4v) is 4.75. The molecule has 3 heterocycles. The molecule has 0 aliphatic heterocycles. The lowest BCUT2D eigenvalue weighted by Crippen LogP contribution is -2.22. The number of hydrogen-bond acceptors (Lipinski definition) is 6. The van der Waals surface area contributed by atoms with Crippen LogP contribution in [0.2, 0.25) is 5.02 Å². The van der Waals surface area contributed by atoms with Crippen LogP contribution >= 0.6 is 11.6 Å². The number of fused-ring (bicyclic) bond motifs is 1. The maximum Gasteiger partial charge on any atom is 0.213 e. The number of nitrogens with zero attached hydrogens (tertiary/aromatic N) is 3. The average molecular weight is 544 g/mol. The topological polar surface area (TPSA) is 83.1 Å². The summed E-state index contributed by atoms with van der Waals surface area (Å²) in [6, 6.07) is 18.1. The Kier molecular flexibility index (Phi) is 10.0. The van der Waals surface area contributed by atoms with Crippen molar-refractivity contribution in [3.63, 3.8) is 0 Å². The van der Waals surface area contributed by atoms with Gasteiger partial charge in [-0.1, -0.05) is 54.9 Å². The molecule has 0 aliphatic rings. The number of H-pyrrole nitrogens is 1. The molecular formula is C31H34ClN5O2. The summed E-state index contributed by atoms with van der Waals surface area (Å²) in [6.07, 6.45) is 7.18. The van der Waals surface area contributed by atoms with Gasteiger partial charge in [-0.05, 0) is 49.9 Å². The minimum atomic E-state index is 0.455. The number of rotatable bonds is 13. The van der Waals surface area contributed by atoms with E-state index < -0.39 is 0 Å². The molecule has 0 atom stereocenters. The monoisotopic (exact) mass is 543 g/mol. The number of nitrogens with one attached hydrogen (secondary N) is 2. The maximum atomic E-state index is 11.1. The van der Waals surface area contributed by atoms with E-state index in [9.17, 15) is 4.79 Å². The van der Waals surface area contributed by atoms with E-state index in [4.69, 9.17) is 16.3 Å². The molecule has 1 aromatic carbocycles. The van der Waals surface area contributed by atoms with Crippen molar-refractivity contribution in [2.45, 2.75) is 13.3 Å². The smallest absolute Gasteiger partial charge is 0.213 e. The van der Waals surface area contributed by atoms with Crippen LogP contribution in [0.1, 0.15) is 30.2 Å². The number of likely N-dealkylation sites (N-methyl/N-ethyl adjacent to an activating group) is 1. The minimum Gasteiger partial charge on any atom is -0.476 e. The number of carbonyl (C=O) groups is 1. The van der Waals surface area contributed by atoms with Crippen LogP contribution in [0.5, 0.6) is 5.88 Å². The molecule has 0 saturated heterocycles. The highest BCUT2D eigenvalue weighted by Crippen LogP contribution is 2.39. The highest BCUT2D eigenvalue weighted by atomic mass is 35.5. The van der Waals surface area contributed by atoms with Crippen LogP contribution in [0.15, 0.2) is 78.6 Å². The fourth-order valence-electron chi connectivity index (χ4n) is 4.46. The summed E-state index contributed by atoms with van der Waals surface area (Å²) in [7, 11) is 3.87. The van der Waals surface area contributed by atoms with Crippen molar-refractivity contribution in [1.82, 2.24) is 25.2 Å². The average Bonchev–Trinajstić information content (AvgIpc) is 3.29. The van der Waals surface area contributed by atoms with E-state index in [1.165, 1.54) is 0 Å². The van der Waals surface area contributed by atoms with Crippen LogP contribution in [-0.4, -0.2) is 66.5 Å². The van der Waals surface area contributed by atoms with E-state index >= 15 is 0 Å². The van der Waals surface area contributed by atoms with Crippen molar-refractivity contribution in [1.29, 1.82) is 0 Å². The third kappa shape index (κ3) is 7.20. The first-order valence-electron chi connectivity index (χ1n) is 13.0. The van der Waals surface area contributed by atoms with Crippen LogP contribution < -0.4 is 10.1 Å². The molecule has 0 amide bonds. The van der Waals surface area contributed by atoms with Crippen molar-refractivity contribution in [2.24, 2.45) is 0 Å². The number of benzene rings is 1. The van der Waals surface area contributed by atoms with Gasteiger partial charge >= 0.3 is 0 Å². The van der Waals surface area contributed by atoms with Gasteiger partial charge < -0.3 is 19.9 Å². The summed E-state index contributed by atoms with van der Waals surface area (Å²) in [5, 5.41) is 4.79. The quantitative estimate of drug-likeness (QED) is 0.129. The Morgan fingerprint density at radius 1 is 1.08 bits per heavy atom. The summed E-state index contributed by atoms with van der Waals surface area (Å²) < 4.78 is 5.86. The van der Waals surface area contributed by atoms with Gasteiger partial charge in [0.1, 0.15) is 18.5 Å². The van der Waals surface area contributed by atoms with Gasteiger partial charge in [0.25, 0.3) is 0 Å².